The van der Waals surface area contributed by atoms with E-state index in [9.17, 15) is 0 Å². The Morgan fingerprint density at radius 2 is 2.13 bits per heavy atom. The van der Waals surface area contributed by atoms with Gasteiger partial charge >= 0.3 is 0 Å². The second kappa shape index (κ2) is 6.07. The van der Waals surface area contributed by atoms with Crippen molar-refractivity contribution < 1.29 is 4.74 Å². The van der Waals surface area contributed by atoms with Gasteiger partial charge in [0.2, 0.25) is 0 Å². The fourth-order valence-corrected chi connectivity index (χ4v) is 1.49. The monoisotopic (exact) mass is 202 g/mol. The maximum absolute atomic E-state index is 5.19. The van der Waals surface area contributed by atoms with Crippen LogP contribution in [0.1, 0.15) is 19.4 Å². The van der Waals surface area contributed by atoms with Crippen LogP contribution < -0.4 is 4.74 Å². The fraction of sp³-hybridized carbons (Fsp3) is 0.286. The Hall–Kier alpha value is -1.50. The molecule has 1 nitrogen and oxygen atoms in total. The summed E-state index contributed by atoms with van der Waals surface area (Å²) in [7, 11) is 1.70. The van der Waals surface area contributed by atoms with Gasteiger partial charge in [0.15, 0.2) is 0 Å². The van der Waals surface area contributed by atoms with Crippen molar-refractivity contribution in [2.75, 3.05) is 7.11 Å². The zero-order valence-corrected chi connectivity index (χ0v) is 9.66. The molecule has 0 aromatic heterocycles. The zero-order valence-electron chi connectivity index (χ0n) is 9.66. The van der Waals surface area contributed by atoms with E-state index in [0.29, 0.717) is 0 Å². The van der Waals surface area contributed by atoms with Crippen molar-refractivity contribution in [3.8, 4) is 5.75 Å². The van der Waals surface area contributed by atoms with Crippen LogP contribution in [-0.2, 0) is 6.42 Å². The minimum Gasteiger partial charge on any atom is -0.497 e. The molecule has 15 heavy (non-hydrogen) atoms. The van der Waals surface area contributed by atoms with E-state index in [1.165, 1.54) is 11.1 Å². The Morgan fingerprint density at radius 3 is 2.73 bits per heavy atom. The number of benzene rings is 1. The molecule has 1 aromatic carbocycles. The van der Waals surface area contributed by atoms with Crippen LogP contribution in [-0.4, -0.2) is 7.11 Å². The number of allylic oxidation sites excluding steroid dienone is 4. The first kappa shape index (κ1) is 11.6. The summed E-state index contributed by atoms with van der Waals surface area (Å²) in [4.78, 5) is 0. The molecule has 0 aliphatic carbocycles. The van der Waals surface area contributed by atoms with E-state index in [1.807, 2.05) is 19.1 Å². The third-order valence-corrected chi connectivity index (χ3v) is 2.29. The lowest BCUT2D eigenvalue weighted by molar-refractivity contribution is 0.414. The molecule has 0 amide bonds. The van der Waals surface area contributed by atoms with Crippen LogP contribution in [0.2, 0.25) is 0 Å². The minimum absolute atomic E-state index is 0.920. The molecule has 1 aromatic rings. The van der Waals surface area contributed by atoms with Gasteiger partial charge in [-0.05, 0) is 43.5 Å². The molecule has 0 saturated heterocycles. The first-order chi connectivity index (χ1) is 7.30. The second-order valence-corrected chi connectivity index (χ2v) is 3.39. The molecule has 0 heterocycles. The Morgan fingerprint density at radius 1 is 1.33 bits per heavy atom. The number of hydrogen-bond donors (Lipinski definition) is 0. The van der Waals surface area contributed by atoms with E-state index in [0.717, 1.165) is 12.2 Å². The Labute approximate surface area is 92.1 Å². The van der Waals surface area contributed by atoms with Crippen LogP contribution in [0.3, 0.4) is 0 Å². The van der Waals surface area contributed by atoms with Gasteiger partial charge in [-0.1, -0.05) is 30.4 Å². The van der Waals surface area contributed by atoms with Crippen LogP contribution in [0.15, 0.2) is 48.1 Å². The van der Waals surface area contributed by atoms with Gasteiger partial charge in [-0.25, -0.2) is 0 Å². The van der Waals surface area contributed by atoms with E-state index in [2.05, 4.69) is 37.3 Å². The van der Waals surface area contributed by atoms with Gasteiger partial charge in [0, 0.05) is 0 Å². The van der Waals surface area contributed by atoms with E-state index in [4.69, 9.17) is 4.74 Å². The smallest absolute Gasteiger partial charge is 0.119 e. The quantitative estimate of drug-likeness (QED) is 0.675. The molecular weight excluding hydrogens is 184 g/mol. The second-order valence-electron chi connectivity index (χ2n) is 3.39. The van der Waals surface area contributed by atoms with Crippen LogP contribution >= 0.6 is 0 Å². The first-order valence-electron chi connectivity index (χ1n) is 5.21. The highest BCUT2D eigenvalue weighted by atomic mass is 16.5. The number of ether oxygens (including phenoxy) is 1. The zero-order chi connectivity index (χ0) is 11.1. The summed E-state index contributed by atoms with van der Waals surface area (Å²) in [6.45, 7) is 4.10. The van der Waals surface area contributed by atoms with Crippen molar-refractivity contribution in [1.29, 1.82) is 0 Å². The fourth-order valence-electron chi connectivity index (χ4n) is 1.49. The molecule has 0 aliphatic heterocycles. The lowest BCUT2D eigenvalue weighted by Crippen LogP contribution is -1.89. The highest BCUT2D eigenvalue weighted by Crippen LogP contribution is 2.16. The molecule has 0 N–H and O–H groups in total. The number of hydrogen-bond acceptors (Lipinski definition) is 1. The first-order valence-corrected chi connectivity index (χ1v) is 5.21. The summed E-state index contributed by atoms with van der Waals surface area (Å²) >= 11 is 0. The van der Waals surface area contributed by atoms with Gasteiger partial charge in [-0.15, -0.1) is 0 Å². The van der Waals surface area contributed by atoms with Crippen LogP contribution in [0.4, 0.5) is 0 Å². The SMILES string of the molecule is C/C=C\C(=C/C)Cc1cccc(OC)c1. The molecule has 0 radical (unpaired) electrons. The Bertz CT molecular complexity index is 361. The summed E-state index contributed by atoms with van der Waals surface area (Å²) in [5.41, 5.74) is 2.60. The lowest BCUT2D eigenvalue weighted by atomic mass is 10.0. The highest BCUT2D eigenvalue weighted by molar-refractivity contribution is 5.33. The predicted octanol–water partition coefficient (Wildman–Crippen LogP) is 3.76. The van der Waals surface area contributed by atoms with Gasteiger partial charge in [0.05, 0.1) is 7.11 Å². The third-order valence-electron chi connectivity index (χ3n) is 2.29. The molecule has 0 atom stereocenters. The van der Waals surface area contributed by atoms with E-state index in [1.54, 1.807) is 7.11 Å². The molecule has 0 fully saturated rings. The number of rotatable bonds is 4. The topological polar surface area (TPSA) is 9.23 Å². The van der Waals surface area contributed by atoms with Gasteiger partial charge in [-0.3, -0.25) is 0 Å². The van der Waals surface area contributed by atoms with Gasteiger partial charge < -0.3 is 4.74 Å². The number of methoxy groups -OCH3 is 1. The molecule has 0 spiro atoms. The van der Waals surface area contributed by atoms with Gasteiger partial charge in [0.1, 0.15) is 5.75 Å². The molecular formula is C14H18O. The normalized spacial score (nSPS) is 12.1. The minimum atomic E-state index is 0.920. The summed E-state index contributed by atoms with van der Waals surface area (Å²) < 4.78 is 5.19. The summed E-state index contributed by atoms with van der Waals surface area (Å²) in [6, 6.07) is 8.19. The molecule has 0 saturated carbocycles. The van der Waals surface area contributed by atoms with Crippen LogP contribution in [0.25, 0.3) is 0 Å². The molecule has 1 rings (SSSR count). The maximum atomic E-state index is 5.19. The molecule has 1 heteroatoms. The van der Waals surface area contributed by atoms with Crippen molar-refractivity contribution in [3.05, 3.63) is 53.6 Å². The lowest BCUT2D eigenvalue weighted by Gasteiger charge is -2.05. The van der Waals surface area contributed by atoms with E-state index >= 15 is 0 Å². The summed E-state index contributed by atoms with van der Waals surface area (Å²) in [5.74, 6) is 0.920. The Balaban J connectivity index is 2.79. The molecule has 0 bridgehead atoms. The molecule has 80 valence electrons. The predicted molar refractivity (Wildman–Crippen MR) is 65.3 cm³/mol. The standard InChI is InChI=1S/C14H18O/c1-4-7-12(5-2)10-13-8-6-9-14(11-13)15-3/h4-9,11H,10H2,1-3H3/b7-4-,12-5+. The highest BCUT2D eigenvalue weighted by Gasteiger charge is 1.97. The molecule has 0 aliphatic rings. The summed E-state index contributed by atoms with van der Waals surface area (Å²) in [6.07, 6.45) is 7.30. The van der Waals surface area contributed by atoms with Gasteiger partial charge in [0.25, 0.3) is 0 Å². The van der Waals surface area contributed by atoms with Crippen LogP contribution in [0.5, 0.6) is 5.75 Å². The van der Waals surface area contributed by atoms with Crippen molar-refractivity contribution in [2.24, 2.45) is 0 Å². The molecule has 0 unspecified atom stereocenters. The van der Waals surface area contributed by atoms with Crippen LogP contribution in [0, 0.1) is 0 Å². The summed E-state index contributed by atoms with van der Waals surface area (Å²) in [5, 5.41) is 0. The van der Waals surface area contributed by atoms with Crippen molar-refractivity contribution >= 4 is 0 Å². The van der Waals surface area contributed by atoms with Crippen molar-refractivity contribution in [1.82, 2.24) is 0 Å². The Kier molecular flexibility index (Phi) is 4.69. The average Bonchev–Trinajstić information content (AvgIpc) is 2.29. The largest absolute Gasteiger partial charge is 0.497 e. The maximum Gasteiger partial charge on any atom is 0.119 e. The van der Waals surface area contributed by atoms with E-state index < -0.39 is 0 Å². The van der Waals surface area contributed by atoms with Gasteiger partial charge in [-0.2, -0.15) is 0 Å². The van der Waals surface area contributed by atoms with Crippen molar-refractivity contribution in [3.63, 3.8) is 0 Å². The average molecular weight is 202 g/mol. The van der Waals surface area contributed by atoms with E-state index in [-0.39, 0.29) is 0 Å². The van der Waals surface area contributed by atoms with Crippen molar-refractivity contribution in [2.45, 2.75) is 20.3 Å². The third kappa shape index (κ3) is 3.62.